The molecule has 1 aliphatic heterocycles. The van der Waals surface area contributed by atoms with Crippen molar-refractivity contribution in [2.24, 2.45) is 5.41 Å². The Hall–Kier alpha value is -1.10. The van der Waals surface area contributed by atoms with Gasteiger partial charge in [0, 0.05) is 20.0 Å². The van der Waals surface area contributed by atoms with Crippen LogP contribution in [-0.4, -0.2) is 49.6 Å². The summed E-state index contributed by atoms with van der Waals surface area (Å²) < 4.78 is 4.75. The third-order valence-electron chi connectivity index (χ3n) is 4.32. The lowest BCUT2D eigenvalue weighted by Gasteiger charge is -2.28. The maximum atomic E-state index is 11.7. The minimum absolute atomic E-state index is 0.202. The van der Waals surface area contributed by atoms with Gasteiger partial charge < -0.3 is 15.0 Å². The molecule has 0 saturated carbocycles. The summed E-state index contributed by atoms with van der Waals surface area (Å²) in [5.41, 5.74) is 0.372. The van der Waals surface area contributed by atoms with Gasteiger partial charge in [0.15, 0.2) is 0 Å². The molecule has 1 N–H and O–H groups in total. The Morgan fingerprint density at radius 3 is 2.42 bits per heavy atom. The van der Waals surface area contributed by atoms with Crippen LogP contribution in [0.25, 0.3) is 0 Å². The van der Waals surface area contributed by atoms with E-state index in [1.165, 1.54) is 14.0 Å². The number of amides is 1. The van der Waals surface area contributed by atoms with E-state index in [2.05, 4.69) is 24.1 Å². The maximum Gasteiger partial charge on any atom is 0.329 e. The van der Waals surface area contributed by atoms with Crippen molar-refractivity contribution in [2.45, 2.75) is 46.1 Å². The van der Waals surface area contributed by atoms with Crippen LogP contribution < -0.4 is 5.32 Å². The molecule has 1 heterocycles. The standard InChI is InChI=1S/C14H26N2O3/c1-5-14(6-2)7-8-16(10-14)9-12(13(18)19-4)15-11(3)17/h12H,5-10H2,1-4H3,(H,15,17). The molecule has 1 saturated heterocycles. The average Bonchev–Trinajstić information content (AvgIpc) is 2.80. The van der Waals surface area contributed by atoms with Crippen LogP contribution in [0.1, 0.15) is 40.0 Å². The third kappa shape index (κ3) is 4.20. The smallest absolute Gasteiger partial charge is 0.329 e. The second kappa shape index (κ2) is 6.89. The zero-order valence-electron chi connectivity index (χ0n) is 12.5. The molecule has 0 spiro atoms. The summed E-state index contributed by atoms with van der Waals surface area (Å²) in [5, 5.41) is 2.67. The zero-order valence-corrected chi connectivity index (χ0v) is 12.5. The number of nitrogens with zero attached hydrogens (tertiary/aromatic N) is 1. The van der Waals surface area contributed by atoms with E-state index in [0.29, 0.717) is 12.0 Å². The van der Waals surface area contributed by atoms with E-state index in [1.807, 2.05) is 0 Å². The highest BCUT2D eigenvalue weighted by atomic mass is 16.5. The van der Waals surface area contributed by atoms with Crippen LogP contribution in [0, 0.1) is 5.41 Å². The van der Waals surface area contributed by atoms with Crippen LogP contribution in [0.4, 0.5) is 0 Å². The molecule has 5 nitrogen and oxygen atoms in total. The first-order chi connectivity index (χ1) is 8.96. The van der Waals surface area contributed by atoms with Crippen molar-refractivity contribution in [3.63, 3.8) is 0 Å². The topological polar surface area (TPSA) is 58.6 Å². The summed E-state index contributed by atoms with van der Waals surface area (Å²) in [4.78, 5) is 25.1. The maximum absolute atomic E-state index is 11.7. The first kappa shape index (κ1) is 16.0. The fourth-order valence-electron chi connectivity index (χ4n) is 2.84. The van der Waals surface area contributed by atoms with Crippen molar-refractivity contribution < 1.29 is 14.3 Å². The van der Waals surface area contributed by atoms with Gasteiger partial charge in [0.25, 0.3) is 0 Å². The summed E-state index contributed by atoms with van der Waals surface area (Å²) in [7, 11) is 1.35. The number of rotatable bonds is 6. The molecule has 1 rings (SSSR count). The number of esters is 1. The predicted molar refractivity (Wildman–Crippen MR) is 73.7 cm³/mol. The number of hydrogen-bond donors (Lipinski definition) is 1. The Balaban J connectivity index is 2.61. The molecule has 110 valence electrons. The van der Waals surface area contributed by atoms with Gasteiger partial charge in [-0.15, -0.1) is 0 Å². The van der Waals surface area contributed by atoms with E-state index < -0.39 is 6.04 Å². The van der Waals surface area contributed by atoms with E-state index in [0.717, 1.165) is 32.4 Å². The molecule has 0 bridgehead atoms. The van der Waals surface area contributed by atoms with Gasteiger partial charge in [0.1, 0.15) is 6.04 Å². The normalized spacial score (nSPS) is 20.0. The van der Waals surface area contributed by atoms with Gasteiger partial charge in [-0.25, -0.2) is 4.79 Å². The molecule has 0 aliphatic carbocycles. The van der Waals surface area contributed by atoms with Crippen molar-refractivity contribution >= 4 is 11.9 Å². The van der Waals surface area contributed by atoms with E-state index in [-0.39, 0.29) is 11.9 Å². The number of carbonyl (C=O) groups is 2. The molecular weight excluding hydrogens is 244 g/mol. The second-order valence-corrected chi connectivity index (χ2v) is 5.47. The van der Waals surface area contributed by atoms with Crippen molar-refractivity contribution in [1.82, 2.24) is 10.2 Å². The van der Waals surface area contributed by atoms with E-state index in [9.17, 15) is 9.59 Å². The molecule has 0 aromatic carbocycles. The van der Waals surface area contributed by atoms with Crippen LogP contribution in [0.5, 0.6) is 0 Å². The van der Waals surface area contributed by atoms with Crippen molar-refractivity contribution in [3.8, 4) is 0 Å². The quantitative estimate of drug-likeness (QED) is 0.736. The van der Waals surface area contributed by atoms with Crippen molar-refractivity contribution in [1.29, 1.82) is 0 Å². The summed E-state index contributed by atoms with van der Waals surface area (Å²) in [6.07, 6.45) is 3.47. The van der Waals surface area contributed by atoms with E-state index in [4.69, 9.17) is 4.74 Å². The van der Waals surface area contributed by atoms with Gasteiger partial charge in [-0.2, -0.15) is 0 Å². The van der Waals surface area contributed by atoms with Gasteiger partial charge in [-0.3, -0.25) is 4.79 Å². The minimum Gasteiger partial charge on any atom is -0.467 e. The number of methoxy groups -OCH3 is 1. The number of nitrogens with one attached hydrogen (secondary N) is 1. The molecule has 1 atom stereocenters. The Morgan fingerprint density at radius 2 is 2.00 bits per heavy atom. The third-order valence-corrected chi connectivity index (χ3v) is 4.32. The molecular formula is C14H26N2O3. The predicted octanol–water partition coefficient (Wildman–Crippen LogP) is 1.18. The van der Waals surface area contributed by atoms with Crippen LogP contribution in [-0.2, 0) is 14.3 Å². The monoisotopic (exact) mass is 270 g/mol. The molecule has 1 amide bonds. The molecule has 5 heteroatoms. The highest BCUT2D eigenvalue weighted by Crippen LogP contribution is 2.36. The van der Waals surface area contributed by atoms with Crippen molar-refractivity contribution in [2.75, 3.05) is 26.7 Å². The largest absolute Gasteiger partial charge is 0.467 e. The number of hydrogen-bond acceptors (Lipinski definition) is 4. The molecule has 19 heavy (non-hydrogen) atoms. The Labute approximate surface area is 115 Å². The molecule has 0 aromatic heterocycles. The number of ether oxygens (including phenoxy) is 1. The molecule has 1 aliphatic rings. The highest BCUT2D eigenvalue weighted by molar-refractivity contribution is 5.83. The summed E-state index contributed by atoms with van der Waals surface area (Å²) >= 11 is 0. The van der Waals surface area contributed by atoms with Crippen LogP contribution in [0.2, 0.25) is 0 Å². The van der Waals surface area contributed by atoms with Crippen LogP contribution in [0.3, 0.4) is 0 Å². The van der Waals surface area contributed by atoms with E-state index >= 15 is 0 Å². The fourth-order valence-corrected chi connectivity index (χ4v) is 2.84. The molecule has 1 fully saturated rings. The minimum atomic E-state index is -0.563. The number of likely N-dealkylation sites (tertiary alicyclic amines) is 1. The first-order valence-corrected chi connectivity index (χ1v) is 7.03. The molecule has 0 radical (unpaired) electrons. The summed E-state index contributed by atoms with van der Waals surface area (Å²) in [5.74, 6) is -0.576. The molecule has 0 aromatic rings. The molecule has 1 unspecified atom stereocenters. The lowest BCUT2D eigenvalue weighted by molar-refractivity contribution is -0.145. The van der Waals surface area contributed by atoms with Crippen LogP contribution >= 0.6 is 0 Å². The fraction of sp³-hybridized carbons (Fsp3) is 0.857. The second-order valence-electron chi connectivity index (χ2n) is 5.47. The lowest BCUT2D eigenvalue weighted by Crippen LogP contribution is -2.48. The first-order valence-electron chi connectivity index (χ1n) is 7.03. The van der Waals surface area contributed by atoms with Crippen molar-refractivity contribution in [3.05, 3.63) is 0 Å². The van der Waals surface area contributed by atoms with Gasteiger partial charge in [-0.05, 0) is 31.2 Å². The Bertz CT molecular complexity index is 327. The lowest BCUT2D eigenvalue weighted by atomic mass is 9.82. The van der Waals surface area contributed by atoms with Gasteiger partial charge >= 0.3 is 5.97 Å². The van der Waals surface area contributed by atoms with Gasteiger partial charge in [0.2, 0.25) is 5.91 Å². The Kier molecular flexibility index (Phi) is 5.79. The zero-order chi connectivity index (χ0) is 14.5. The van der Waals surface area contributed by atoms with Crippen LogP contribution in [0.15, 0.2) is 0 Å². The summed E-state index contributed by atoms with van der Waals surface area (Å²) in [6.45, 7) is 8.37. The average molecular weight is 270 g/mol. The number of carbonyl (C=O) groups excluding carboxylic acids is 2. The van der Waals surface area contributed by atoms with E-state index in [1.54, 1.807) is 0 Å². The summed E-state index contributed by atoms with van der Waals surface area (Å²) in [6, 6.07) is -0.563. The SMILES string of the molecule is CCC1(CC)CCN(CC(NC(C)=O)C(=O)OC)C1. The van der Waals surface area contributed by atoms with Gasteiger partial charge in [0.05, 0.1) is 7.11 Å². The highest BCUT2D eigenvalue weighted by Gasteiger charge is 2.36. The van der Waals surface area contributed by atoms with Gasteiger partial charge in [-0.1, -0.05) is 13.8 Å². The Morgan fingerprint density at radius 1 is 1.37 bits per heavy atom.